The molecule has 1 amide bonds. The van der Waals surface area contributed by atoms with Gasteiger partial charge in [0, 0.05) is 7.05 Å². The van der Waals surface area contributed by atoms with Gasteiger partial charge in [0.05, 0.1) is 16.8 Å². The quantitative estimate of drug-likeness (QED) is 0.791. The Morgan fingerprint density at radius 1 is 1.53 bits per heavy atom. The SMILES string of the molecule is Cn1c(SCC(N)=O)nc2ccccc21. The van der Waals surface area contributed by atoms with Crippen LogP contribution in [0.15, 0.2) is 29.4 Å². The van der Waals surface area contributed by atoms with Crippen LogP contribution in [0.5, 0.6) is 0 Å². The third-order valence-electron chi connectivity index (χ3n) is 2.09. The average molecular weight is 221 g/mol. The van der Waals surface area contributed by atoms with Crippen LogP contribution in [-0.2, 0) is 11.8 Å². The maximum Gasteiger partial charge on any atom is 0.227 e. The molecule has 0 bridgehead atoms. The van der Waals surface area contributed by atoms with Gasteiger partial charge in [-0.25, -0.2) is 4.98 Å². The Morgan fingerprint density at radius 2 is 2.27 bits per heavy atom. The van der Waals surface area contributed by atoms with E-state index in [1.807, 2.05) is 35.9 Å². The van der Waals surface area contributed by atoms with Gasteiger partial charge in [-0.1, -0.05) is 23.9 Å². The van der Waals surface area contributed by atoms with E-state index in [0.29, 0.717) is 0 Å². The summed E-state index contributed by atoms with van der Waals surface area (Å²) in [6.07, 6.45) is 0. The lowest BCUT2D eigenvalue weighted by atomic mass is 10.3. The second-order valence-corrected chi connectivity index (χ2v) is 4.14. The van der Waals surface area contributed by atoms with Crippen LogP contribution >= 0.6 is 11.8 Å². The molecule has 0 spiro atoms. The van der Waals surface area contributed by atoms with Crippen LogP contribution < -0.4 is 5.73 Å². The Bertz CT molecular complexity index is 506. The van der Waals surface area contributed by atoms with Crippen molar-refractivity contribution in [1.82, 2.24) is 9.55 Å². The van der Waals surface area contributed by atoms with Gasteiger partial charge in [0.2, 0.25) is 5.91 Å². The molecule has 0 radical (unpaired) electrons. The minimum absolute atomic E-state index is 0.261. The Labute approximate surface area is 91.5 Å². The Morgan fingerprint density at radius 3 is 2.93 bits per heavy atom. The molecular weight excluding hydrogens is 210 g/mol. The van der Waals surface area contributed by atoms with E-state index >= 15 is 0 Å². The van der Waals surface area contributed by atoms with Crippen LogP contribution in [0.2, 0.25) is 0 Å². The minimum atomic E-state index is -0.327. The van der Waals surface area contributed by atoms with Crippen molar-refractivity contribution in [3.05, 3.63) is 24.3 Å². The van der Waals surface area contributed by atoms with Crippen LogP contribution in [0.4, 0.5) is 0 Å². The highest BCUT2D eigenvalue weighted by atomic mass is 32.2. The molecule has 0 unspecified atom stereocenters. The predicted octanol–water partition coefficient (Wildman–Crippen LogP) is 1.15. The number of aryl methyl sites for hydroxylation is 1. The number of nitrogens with zero attached hydrogens (tertiary/aromatic N) is 2. The molecule has 0 aliphatic heterocycles. The molecule has 0 saturated carbocycles. The third-order valence-corrected chi connectivity index (χ3v) is 3.14. The monoisotopic (exact) mass is 221 g/mol. The first-order valence-corrected chi connectivity index (χ1v) is 5.49. The van der Waals surface area contributed by atoms with Gasteiger partial charge in [-0.2, -0.15) is 0 Å². The summed E-state index contributed by atoms with van der Waals surface area (Å²) < 4.78 is 1.96. The lowest BCUT2D eigenvalue weighted by Gasteiger charge is -1.99. The van der Waals surface area contributed by atoms with Crippen LogP contribution in [0.25, 0.3) is 11.0 Å². The average Bonchev–Trinajstić information content (AvgIpc) is 2.54. The molecule has 2 aromatic rings. The number of primary amides is 1. The zero-order chi connectivity index (χ0) is 10.8. The number of rotatable bonds is 3. The molecule has 5 heteroatoms. The van der Waals surface area contributed by atoms with Crippen molar-refractivity contribution in [2.45, 2.75) is 5.16 Å². The number of carbonyl (C=O) groups excluding carboxylic acids is 1. The second-order valence-electron chi connectivity index (χ2n) is 3.20. The Hall–Kier alpha value is -1.49. The van der Waals surface area contributed by atoms with E-state index in [4.69, 9.17) is 5.73 Å². The van der Waals surface area contributed by atoms with E-state index in [0.717, 1.165) is 16.2 Å². The van der Waals surface area contributed by atoms with Gasteiger partial charge < -0.3 is 10.3 Å². The van der Waals surface area contributed by atoms with Crippen LogP contribution in [0.1, 0.15) is 0 Å². The third kappa shape index (κ3) is 1.97. The van der Waals surface area contributed by atoms with Crippen LogP contribution in [-0.4, -0.2) is 21.2 Å². The molecule has 0 saturated heterocycles. The zero-order valence-electron chi connectivity index (χ0n) is 8.30. The standard InChI is InChI=1S/C10H11N3OS/c1-13-8-5-3-2-4-7(8)12-10(13)15-6-9(11)14/h2-5H,6H2,1H3,(H2,11,14). The first-order valence-electron chi connectivity index (χ1n) is 4.51. The summed E-state index contributed by atoms with van der Waals surface area (Å²) in [4.78, 5) is 15.1. The summed E-state index contributed by atoms with van der Waals surface area (Å²) in [5, 5.41) is 0.815. The lowest BCUT2D eigenvalue weighted by Crippen LogP contribution is -2.13. The van der Waals surface area contributed by atoms with Gasteiger partial charge >= 0.3 is 0 Å². The largest absolute Gasteiger partial charge is 0.369 e. The number of carbonyl (C=O) groups is 1. The van der Waals surface area contributed by atoms with Crippen molar-refractivity contribution in [1.29, 1.82) is 0 Å². The number of aromatic nitrogens is 2. The first kappa shape index (κ1) is 10.0. The zero-order valence-corrected chi connectivity index (χ0v) is 9.12. The molecule has 4 nitrogen and oxygen atoms in total. The smallest absolute Gasteiger partial charge is 0.227 e. The number of hydrogen-bond acceptors (Lipinski definition) is 3. The summed E-state index contributed by atoms with van der Waals surface area (Å²) in [7, 11) is 1.93. The molecule has 0 fully saturated rings. The summed E-state index contributed by atoms with van der Waals surface area (Å²) in [6, 6.07) is 7.85. The van der Waals surface area contributed by atoms with Crippen molar-refractivity contribution in [3.63, 3.8) is 0 Å². The maximum absolute atomic E-state index is 10.7. The molecule has 0 aliphatic rings. The number of para-hydroxylation sites is 2. The number of benzene rings is 1. The second kappa shape index (κ2) is 3.94. The number of imidazole rings is 1. The van der Waals surface area contributed by atoms with E-state index in [9.17, 15) is 4.79 Å². The van der Waals surface area contributed by atoms with Gasteiger partial charge in [0.1, 0.15) is 0 Å². The van der Waals surface area contributed by atoms with E-state index in [1.54, 1.807) is 0 Å². The van der Waals surface area contributed by atoms with Crippen molar-refractivity contribution in [3.8, 4) is 0 Å². The molecule has 1 heterocycles. The molecule has 1 aromatic carbocycles. The van der Waals surface area contributed by atoms with Gasteiger partial charge in [-0.05, 0) is 12.1 Å². The van der Waals surface area contributed by atoms with E-state index < -0.39 is 0 Å². The number of fused-ring (bicyclic) bond motifs is 1. The minimum Gasteiger partial charge on any atom is -0.369 e. The predicted molar refractivity (Wildman–Crippen MR) is 60.6 cm³/mol. The summed E-state index contributed by atoms with van der Waals surface area (Å²) in [5.41, 5.74) is 7.08. The highest BCUT2D eigenvalue weighted by molar-refractivity contribution is 7.99. The number of hydrogen-bond donors (Lipinski definition) is 1. The van der Waals surface area contributed by atoms with Gasteiger partial charge in [-0.15, -0.1) is 0 Å². The maximum atomic E-state index is 10.7. The molecule has 2 rings (SSSR count). The van der Waals surface area contributed by atoms with Gasteiger partial charge in [-0.3, -0.25) is 4.79 Å². The van der Waals surface area contributed by atoms with Gasteiger partial charge in [0.15, 0.2) is 5.16 Å². The molecule has 15 heavy (non-hydrogen) atoms. The van der Waals surface area contributed by atoms with Crippen molar-refractivity contribution >= 4 is 28.7 Å². The van der Waals surface area contributed by atoms with Crippen LogP contribution in [0, 0.1) is 0 Å². The fourth-order valence-corrected chi connectivity index (χ4v) is 2.11. The Kier molecular flexibility index (Phi) is 2.64. The summed E-state index contributed by atoms with van der Waals surface area (Å²) in [6.45, 7) is 0. The van der Waals surface area contributed by atoms with E-state index in [1.165, 1.54) is 11.8 Å². The molecule has 2 N–H and O–H groups in total. The topological polar surface area (TPSA) is 60.9 Å². The van der Waals surface area contributed by atoms with Gasteiger partial charge in [0.25, 0.3) is 0 Å². The normalized spacial score (nSPS) is 10.7. The molecular formula is C10H11N3OS. The van der Waals surface area contributed by atoms with Crippen LogP contribution in [0.3, 0.4) is 0 Å². The first-order chi connectivity index (χ1) is 7.18. The molecule has 1 aromatic heterocycles. The fraction of sp³-hybridized carbons (Fsp3) is 0.200. The molecule has 78 valence electrons. The van der Waals surface area contributed by atoms with Crippen molar-refractivity contribution < 1.29 is 4.79 Å². The Balaban J connectivity index is 2.36. The molecule has 0 atom stereocenters. The summed E-state index contributed by atoms with van der Waals surface area (Å²) in [5.74, 6) is -0.0657. The fourth-order valence-electron chi connectivity index (χ4n) is 1.39. The summed E-state index contributed by atoms with van der Waals surface area (Å²) >= 11 is 1.36. The van der Waals surface area contributed by atoms with E-state index in [2.05, 4.69) is 4.98 Å². The number of thioether (sulfide) groups is 1. The van der Waals surface area contributed by atoms with E-state index in [-0.39, 0.29) is 11.7 Å². The number of nitrogens with two attached hydrogens (primary N) is 1. The highest BCUT2D eigenvalue weighted by Gasteiger charge is 2.08. The number of amides is 1. The lowest BCUT2D eigenvalue weighted by molar-refractivity contribution is -0.115. The molecule has 0 aliphatic carbocycles. The van der Waals surface area contributed by atoms with Crippen molar-refractivity contribution in [2.75, 3.05) is 5.75 Å². The highest BCUT2D eigenvalue weighted by Crippen LogP contribution is 2.21. The van der Waals surface area contributed by atoms with Crippen molar-refractivity contribution in [2.24, 2.45) is 12.8 Å².